The van der Waals surface area contributed by atoms with Gasteiger partial charge in [0.2, 0.25) is 0 Å². The first-order valence-electron chi connectivity index (χ1n) is 8.69. The zero-order valence-corrected chi connectivity index (χ0v) is 14.0. The van der Waals surface area contributed by atoms with Crippen LogP contribution in [0, 0.1) is 0 Å². The molecule has 0 unspecified atom stereocenters. The molecule has 1 fully saturated rings. The Bertz CT molecular complexity index is 860. The molecule has 0 saturated heterocycles. The van der Waals surface area contributed by atoms with Crippen LogP contribution in [0.25, 0.3) is 22.4 Å². The summed E-state index contributed by atoms with van der Waals surface area (Å²) in [5.74, 6) is 0.573. The topological polar surface area (TPSA) is 78.0 Å². The number of amides is 1. The van der Waals surface area contributed by atoms with Gasteiger partial charge in [-0.2, -0.15) is 0 Å². The standard InChI is InChI=1S/C20H21N3O2/c24-19(20(25)11-3-4-12-20)21-13-14-7-9-15(10-8-14)18-22-16-5-1-2-6-17(16)23-18/h1-2,5-10,25H,3-4,11-13H2,(H,21,24)(H,22,23). The highest BCUT2D eigenvalue weighted by Crippen LogP contribution is 2.29. The highest BCUT2D eigenvalue weighted by Gasteiger charge is 2.38. The molecule has 1 saturated carbocycles. The number of fused-ring (bicyclic) bond motifs is 1. The molecule has 1 heterocycles. The number of carbonyl (C=O) groups excluding carboxylic acids is 1. The fraction of sp³-hybridized carbons (Fsp3) is 0.300. The third kappa shape index (κ3) is 3.15. The third-order valence-electron chi connectivity index (χ3n) is 4.92. The molecule has 5 nitrogen and oxygen atoms in total. The molecule has 0 spiro atoms. The fourth-order valence-corrected chi connectivity index (χ4v) is 3.40. The summed E-state index contributed by atoms with van der Waals surface area (Å²) in [5.41, 5.74) is 2.78. The first-order chi connectivity index (χ1) is 12.1. The quantitative estimate of drug-likeness (QED) is 0.685. The van der Waals surface area contributed by atoms with Gasteiger partial charge < -0.3 is 15.4 Å². The minimum absolute atomic E-state index is 0.258. The van der Waals surface area contributed by atoms with Crippen molar-refractivity contribution in [1.29, 1.82) is 0 Å². The van der Waals surface area contributed by atoms with Crippen molar-refractivity contribution in [3.8, 4) is 11.4 Å². The van der Waals surface area contributed by atoms with Crippen molar-refractivity contribution in [2.24, 2.45) is 0 Å². The Morgan fingerprint density at radius 2 is 1.84 bits per heavy atom. The number of para-hydroxylation sites is 2. The molecular formula is C20H21N3O2. The first-order valence-corrected chi connectivity index (χ1v) is 8.69. The smallest absolute Gasteiger partial charge is 0.252 e. The number of rotatable bonds is 4. The molecule has 5 heteroatoms. The average Bonchev–Trinajstić information content (AvgIpc) is 3.27. The summed E-state index contributed by atoms with van der Waals surface area (Å²) in [6.45, 7) is 0.418. The average molecular weight is 335 g/mol. The molecular weight excluding hydrogens is 314 g/mol. The number of hydrogen-bond donors (Lipinski definition) is 3. The van der Waals surface area contributed by atoms with E-state index in [1.54, 1.807) is 0 Å². The van der Waals surface area contributed by atoms with E-state index in [4.69, 9.17) is 0 Å². The molecule has 3 N–H and O–H groups in total. The second-order valence-corrected chi connectivity index (χ2v) is 6.72. The highest BCUT2D eigenvalue weighted by atomic mass is 16.3. The summed E-state index contributed by atoms with van der Waals surface area (Å²) in [6, 6.07) is 15.9. The maximum Gasteiger partial charge on any atom is 0.252 e. The van der Waals surface area contributed by atoms with Crippen molar-refractivity contribution in [2.45, 2.75) is 37.8 Å². The molecule has 4 rings (SSSR count). The summed E-state index contributed by atoms with van der Waals surface area (Å²) in [5, 5.41) is 13.1. The van der Waals surface area contributed by atoms with Gasteiger partial charge >= 0.3 is 0 Å². The van der Waals surface area contributed by atoms with E-state index in [1.165, 1.54) is 0 Å². The lowest BCUT2D eigenvalue weighted by Gasteiger charge is -2.20. The minimum atomic E-state index is -1.17. The number of imidazole rings is 1. The molecule has 25 heavy (non-hydrogen) atoms. The van der Waals surface area contributed by atoms with Crippen molar-refractivity contribution >= 4 is 16.9 Å². The molecule has 0 bridgehead atoms. The second-order valence-electron chi connectivity index (χ2n) is 6.72. The van der Waals surface area contributed by atoms with Gasteiger partial charge in [-0.25, -0.2) is 4.98 Å². The van der Waals surface area contributed by atoms with Crippen molar-refractivity contribution in [2.75, 3.05) is 0 Å². The van der Waals surface area contributed by atoms with Crippen LogP contribution >= 0.6 is 0 Å². The molecule has 3 aromatic rings. The predicted molar refractivity (Wildman–Crippen MR) is 96.8 cm³/mol. The van der Waals surface area contributed by atoms with Gasteiger partial charge in [0.25, 0.3) is 5.91 Å². The number of aromatic amines is 1. The normalized spacial score (nSPS) is 16.2. The summed E-state index contributed by atoms with van der Waals surface area (Å²) in [6.07, 6.45) is 2.94. The third-order valence-corrected chi connectivity index (χ3v) is 4.92. The Labute approximate surface area is 146 Å². The van der Waals surface area contributed by atoms with Crippen molar-refractivity contribution in [3.63, 3.8) is 0 Å². The maximum atomic E-state index is 12.2. The van der Waals surface area contributed by atoms with Crippen LogP contribution in [-0.2, 0) is 11.3 Å². The number of nitrogens with one attached hydrogen (secondary N) is 2. The Morgan fingerprint density at radius 1 is 1.12 bits per heavy atom. The van der Waals surface area contributed by atoms with Crippen LogP contribution in [0.15, 0.2) is 48.5 Å². The largest absolute Gasteiger partial charge is 0.380 e. The number of hydrogen-bond acceptors (Lipinski definition) is 3. The van der Waals surface area contributed by atoms with Crippen molar-refractivity contribution in [3.05, 3.63) is 54.1 Å². The van der Waals surface area contributed by atoms with Crippen LogP contribution in [0.5, 0.6) is 0 Å². The van der Waals surface area contributed by atoms with Crippen LogP contribution in [0.1, 0.15) is 31.2 Å². The summed E-state index contributed by atoms with van der Waals surface area (Å²) in [4.78, 5) is 20.1. The number of aliphatic hydroxyl groups is 1. The van der Waals surface area contributed by atoms with Crippen molar-refractivity contribution in [1.82, 2.24) is 15.3 Å². The van der Waals surface area contributed by atoms with Crippen LogP contribution in [0.4, 0.5) is 0 Å². The second kappa shape index (κ2) is 6.33. The van der Waals surface area contributed by atoms with E-state index in [2.05, 4.69) is 15.3 Å². The van der Waals surface area contributed by atoms with E-state index in [0.717, 1.165) is 40.8 Å². The number of carbonyl (C=O) groups is 1. The van der Waals surface area contributed by atoms with Gasteiger partial charge in [-0.15, -0.1) is 0 Å². The maximum absolute atomic E-state index is 12.2. The fourth-order valence-electron chi connectivity index (χ4n) is 3.40. The number of nitrogens with zero attached hydrogens (tertiary/aromatic N) is 1. The van der Waals surface area contributed by atoms with Gasteiger partial charge in [0.1, 0.15) is 11.4 Å². The molecule has 1 aliphatic rings. The number of aromatic nitrogens is 2. The van der Waals surface area contributed by atoms with Crippen LogP contribution in [0.3, 0.4) is 0 Å². The van der Waals surface area contributed by atoms with Crippen LogP contribution in [-0.4, -0.2) is 26.6 Å². The summed E-state index contributed by atoms with van der Waals surface area (Å²) in [7, 11) is 0. The predicted octanol–water partition coefficient (Wildman–Crippen LogP) is 3.15. The minimum Gasteiger partial charge on any atom is -0.380 e. The lowest BCUT2D eigenvalue weighted by molar-refractivity contribution is -0.139. The lowest BCUT2D eigenvalue weighted by atomic mass is 10.0. The Kier molecular flexibility index (Phi) is 4.01. The molecule has 1 aromatic heterocycles. The summed E-state index contributed by atoms with van der Waals surface area (Å²) < 4.78 is 0. The van der Waals surface area contributed by atoms with Crippen LogP contribution < -0.4 is 5.32 Å². The zero-order chi connectivity index (χ0) is 17.3. The lowest BCUT2D eigenvalue weighted by Crippen LogP contribution is -2.44. The van der Waals surface area contributed by atoms with Gasteiger partial charge in [0.15, 0.2) is 0 Å². The summed E-state index contributed by atoms with van der Waals surface area (Å²) >= 11 is 0. The van der Waals surface area contributed by atoms with Gasteiger partial charge in [-0.05, 0) is 43.4 Å². The Balaban J connectivity index is 1.44. The monoisotopic (exact) mass is 335 g/mol. The van der Waals surface area contributed by atoms with Gasteiger partial charge in [0, 0.05) is 12.1 Å². The zero-order valence-electron chi connectivity index (χ0n) is 14.0. The Hall–Kier alpha value is -2.66. The van der Waals surface area contributed by atoms with Crippen LogP contribution in [0.2, 0.25) is 0 Å². The van der Waals surface area contributed by atoms with E-state index in [9.17, 15) is 9.90 Å². The number of benzene rings is 2. The molecule has 0 aliphatic heterocycles. The molecule has 0 radical (unpaired) electrons. The molecule has 1 amide bonds. The first kappa shape index (κ1) is 15.8. The molecule has 128 valence electrons. The molecule has 1 aliphatic carbocycles. The SMILES string of the molecule is O=C(NCc1ccc(-c2nc3ccccc3[nH]2)cc1)C1(O)CCCC1. The molecule has 0 atom stereocenters. The van der Waals surface area contributed by atoms with E-state index in [0.29, 0.717) is 19.4 Å². The van der Waals surface area contributed by atoms with E-state index >= 15 is 0 Å². The van der Waals surface area contributed by atoms with E-state index in [1.807, 2.05) is 48.5 Å². The van der Waals surface area contributed by atoms with E-state index < -0.39 is 5.60 Å². The Morgan fingerprint density at radius 3 is 2.56 bits per heavy atom. The van der Waals surface area contributed by atoms with Gasteiger partial charge in [0.05, 0.1) is 11.0 Å². The molecule has 2 aromatic carbocycles. The van der Waals surface area contributed by atoms with Gasteiger partial charge in [-0.3, -0.25) is 4.79 Å². The number of H-pyrrole nitrogens is 1. The van der Waals surface area contributed by atoms with Crippen molar-refractivity contribution < 1.29 is 9.90 Å². The highest BCUT2D eigenvalue weighted by molar-refractivity contribution is 5.85. The van der Waals surface area contributed by atoms with E-state index in [-0.39, 0.29) is 5.91 Å². The van der Waals surface area contributed by atoms with Gasteiger partial charge in [-0.1, -0.05) is 36.4 Å².